The second kappa shape index (κ2) is 11.1. The Balaban J connectivity index is 1.58. The van der Waals surface area contributed by atoms with Crippen molar-refractivity contribution in [2.24, 2.45) is 0 Å². The summed E-state index contributed by atoms with van der Waals surface area (Å²) >= 11 is 0. The van der Waals surface area contributed by atoms with E-state index in [0.717, 1.165) is 38.5 Å². The van der Waals surface area contributed by atoms with E-state index in [1.54, 1.807) is 19.2 Å². The summed E-state index contributed by atoms with van der Waals surface area (Å²) in [5.41, 5.74) is 0.678. The van der Waals surface area contributed by atoms with Crippen LogP contribution in [-0.2, 0) is 0 Å². The van der Waals surface area contributed by atoms with E-state index in [4.69, 9.17) is 4.74 Å². The Morgan fingerprint density at radius 2 is 1.64 bits per heavy atom. The van der Waals surface area contributed by atoms with E-state index < -0.39 is 0 Å². The molecule has 1 aliphatic heterocycles. The Morgan fingerprint density at radius 3 is 2.24 bits per heavy atom. The van der Waals surface area contributed by atoms with Gasteiger partial charge in [-0.15, -0.1) is 0 Å². The predicted molar refractivity (Wildman–Crippen MR) is 102 cm³/mol. The van der Waals surface area contributed by atoms with Crippen molar-refractivity contribution in [3.63, 3.8) is 0 Å². The standard InChI is InChI=1S/C20H33N3O2/c1-3-4-5-6-12-22-14-16-23(17-15-22)13-11-21-20(24)18-7-9-19(25-2)10-8-18/h7-10H,3-6,11-17H2,1-2H3,(H,21,24). The van der Waals surface area contributed by atoms with Gasteiger partial charge < -0.3 is 15.0 Å². The monoisotopic (exact) mass is 347 g/mol. The van der Waals surface area contributed by atoms with Crippen LogP contribution in [0.1, 0.15) is 43.0 Å². The first-order chi connectivity index (χ1) is 12.2. The number of hydrogen-bond donors (Lipinski definition) is 1. The summed E-state index contributed by atoms with van der Waals surface area (Å²) in [6.45, 7) is 9.62. The third-order valence-electron chi connectivity index (χ3n) is 4.86. The SMILES string of the molecule is CCCCCCN1CCN(CCNC(=O)c2ccc(OC)cc2)CC1. The highest BCUT2D eigenvalue weighted by molar-refractivity contribution is 5.94. The number of carbonyl (C=O) groups is 1. The molecule has 0 aliphatic carbocycles. The van der Waals surface area contributed by atoms with Gasteiger partial charge in [-0.1, -0.05) is 26.2 Å². The lowest BCUT2D eigenvalue weighted by Crippen LogP contribution is -2.48. The summed E-state index contributed by atoms with van der Waals surface area (Å²) in [5, 5.41) is 3.01. The summed E-state index contributed by atoms with van der Waals surface area (Å²) < 4.78 is 5.11. The fraction of sp³-hybridized carbons (Fsp3) is 0.650. The molecule has 1 fully saturated rings. The summed E-state index contributed by atoms with van der Waals surface area (Å²) in [6, 6.07) is 7.22. The van der Waals surface area contributed by atoms with Gasteiger partial charge in [0.25, 0.3) is 5.91 Å². The predicted octanol–water partition coefficient (Wildman–Crippen LogP) is 2.62. The first kappa shape index (κ1) is 19.7. The maximum absolute atomic E-state index is 12.1. The van der Waals surface area contributed by atoms with Gasteiger partial charge in [0.15, 0.2) is 0 Å². The minimum absolute atomic E-state index is 0.0165. The summed E-state index contributed by atoms with van der Waals surface area (Å²) in [6.07, 6.45) is 5.34. The number of piperazine rings is 1. The van der Waals surface area contributed by atoms with Crippen molar-refractivity contribution in [3.05, 3.63) is 29.8 Å². The molecule has 1 aromatic rings. The highest BCUT2D eigenvalue weighted by Gasteiger charge is 2.16. The molecule has 0 bridgehead atoms. The first-order valence-electron chi connectivity index (χ1n) is 9.60. The van der Waals surface area contributed by atoms with Crippen LogP contribution in [0.25, 0.3) is 0 Å². The van der Waals surface area contributed by atoms with Crippen LogP contribution >= 0.6 is 0 Å². The molecule has 1 saturated heterocycles. The molecular weight excluding hydrogens is 314 g/mol. The number of amides is 1. The van der Waals surface area contributed by atoms with Gasteiger partial charge in [0.1, 0.15) is 5.75 Å². The maximum atomic E-state index is 12.1. The van der Waals surface area contributed by atoms with E-state index in [1.807, 2.05) is 12.1 Å². The molecule has 0 aromatic heterocycles. The number of nitrogens with one attached hydrogen (secondary N) is 1. The Morgan fingerprint density at radius 1 is 1.00 bits per heavy atom. The molecule has 2 rings (SSSR count). The Bertz CT molecular complexity index is 496. The highest BCUT2D eigenvalue weighted by atomic mass is 16.5. The Hall–Kier alpha value is -1.59. The number of ether oxygens (including phenoxy) is 1. The Labute approximate surface area is 152 Å². The van der Waals surface area contributed by atoms with Gasteiger partial charge in [-0.2, -0.15) is 0 Å². The third-order valence-corrected chi connectivity index (χ3v) is 4.86. The van der Waals surface area contributed by atoms with Gasteiger partial charge in [-0.25, -0.2) is 0 Å². The van der Waals surface area contributed by atoms with E-state index in [-0.39, 0.29) is 5.91 Å². The topological polar surface area (TPSA) is 44.8 Å². The van der Waals surface area contributed by atoms with Crippen molar-refractivity contribution in [2.45, 2.75) is 32.6 Å². The van der Waals surface area contributed by atoms with E-state index >= 15 is 0 Å². The zero-order valence-corrected chi connectivity index (χ0v) is 15.8. The molecule has 1 aliphatic rings. The van der Waals surface area contributed by atoms with Crippen LogP contribution in [-0.4, -0.2) is 68.6 Å². The molecule has 1 heterocycles. The minimum atomic E-state index is -0.0165. The van der Waals surface area contributed by atoms with Crippen LogP contribution in [0.3, 0.4) is 0 Å². The highest BCUT2D eigenvalue weighted by Crippen LogP contribution is 2.11. The van der Waals surface area contributed by atoms with Crippen molar-refractivity contribution < 1.29 is 9.53 Å². The lowest BCUT2D eigenvalue weighted by molar-refractivity contribution is 0.0936. The molecule has 1 N–H and O–H groups in total. The molecule has 0 unspecified atom stereocenters. The lowest BCUT2D eigenvalue weighted by Gasteiger charge is -2.34. The van der Waals surface area contributed by atoms with Crippen molar-refractivity contribution >= 4 is 5.91 Å². The third kappa shape index (κ3) is 7.04. The second-order valence-corrected chi connectivity index (χ2v) is 6.73. The normalized spacial score (nSPS) is 15.9. The van der Waals surface area contributed by atoms with E-state index in [2.05, 4.69) is 22.0 Å². The van der Waals surface area contributed by atoms with E-state index in [9.17, 15) is 4.79 Å². The molecule has 5 heteroatoms. The van der Waals surface area contributed by atoms with E-state index in [1.165, 1.54) is 32.2 Å². The zero-order valence-electron chi connectivity index (χ0n) is 15.8. The number of unbranched alkanes of at least 4 members (excludes halogenated alkanes) is 3. The van der Waals surface area contributed by atoms with E-state index in [0.29, 0.717) is 12.1 Å². The van der Waals surface area contributed by atoms with Gasteiger partial charge in [-0.3, -0.25) is 9.69 Å². The molecule has 25 heavy (non-hydrogen) atoms. The lowest BCUT2D eigenvalue weighted by atomic mass is 10.2. The number of nitrogens with zero attached hydrogens (tertiary/aromatic N) is 2. The van der Waals surface area contributed by atoms with Crippen molar-refractivity contribution in [2.75, 3.05) is 52.9 Å². The number of methoxy groups -OCH3 is 1. The maximum Gasteiger partial charge on any atom is 0.251 e. The van der Waals surface area contributed by atoms with Crippen molar-refractivity contribution in [1.29, 1.82) is 0 Å². The fourth-order valence-corrected chi connectivity index (χ4v) is 3.17. The van der Waals surface area contributed by atoms with Crippen LogP contribution in [0.4, 0.5) is 0 Å². The zero-order chi connectivity index (χ0) is 17.9. The molecular formula is C20H33N3O2. The number of hydrogen-bond acceptors (Lipinski definition) is 4. The fourth-order valence-electron chi connectivity index (χ4n) is 3.17. The molecule has 0 spiro atoms. The summed E-state index contributed by atoms with van der Waals surface area (Å²) in [4.78, 5) is 17.1. The quantitative estimate of drug-likeness (QED) is 0.661. The molecule has 0 saturated carbocycles. The summed E-state index contributed by atoms with van der Waals surface area (Å²) in [7, 11) is 1.63. The molecule has 0 radical (unpaired) electrons. The van der Waals surface area contributed by atoms with Crippen LogP contribution < -0.4 is 10.1 Å². The van der Waals surface area contributed by atoms with Crippen molar-refractivity contribution in [1.82, 2.24) is 15.1 Å². The molecule has 5 nitrogen and oxygen atoms in total. The average Bonchev–Trinajstić information content (AvgIpc) is 2.66. The van der Waals surface area contributed by atoms with Crippen LogP contribution in [0.2, 0.25) is 0 Å². The number of benzene rings is 1. The van der Waals surface area contributed by atoms with Crippen LogP contribution in [0.5, 0.6) is 5.75 Å². The average molecular weight is 348 g/mol. The summed E-state index contributed by atoms with van der Waals surface area (Å²) in [5.74, 6) is 0.751. The van der Waals surface area contributed by atoms with Crippen LogP contribution in [0.15, 0.2) is 24.3 Å². The molecule has 1 aromatic carbocycles. The van der Waals surface area contributed by atoms with Gasteiger partial charge in [0, 0.05) is 44.8 Å². The van der Waals surface area contributed by atoms with Crippen LogP contribution in [0, 0.1) is 0 Å². The second-order valence-electron chi connectivity index (χ2n) is 6.73. The largest absolute Gasteiger partial charge is 0.497 e. The van der Waals surface area contributed by atoms with Gasteiger partial charge in [-0.05, 0) is 37.2 Å². The Kier molecular flexibility index (Phi) is 8.77. The number of carbonyl (C=O) groups excluding carboxylic acids is 1. The number of rotatable bonds is 10. The molecule has 140 valence electrons. The molecule has 0 atom stereocenters. The van der Waals surface area contributed by atoms with Gasteiger partial charge in [0.05, 0.1) is 7.11 Å². The minimum Gasteiger partial charge on any atom is -0.497 e. The molecule has 1 amide bonds. The first-order valence-corrected chi connectivity index (χ1v) is 9.60. The van der Waals surface area contributed by atoms with Gasteiger partial charge >= 0.3 is 0 Å². The van der Waals surface area contributed by atoms with Crippen molar-refractivity contribution in [3.8, 4) is 5.75 Å². The smallest absolute Gasteiger partial charge is 0.251 e. The van der Waals surface area contributed by atoms with Gasteiger partial charge in [0.2, 0.25) is 0 Å².